The molecular formula is C22H23NO2. The van der Waals surface area contributed by atoms with E-state index in [1.54, 1.807) is 18.4 Å². The Hall–Kier alpha value is -2.81. The average Bonchev–Trinajstić information content (AvgIpc) is 3.17. The highest BCUT2D eigenvalue weighted by Crippen LogP contribution is 2.15. The fraction of sp³-hybridized carbons (Fsp3) is 0.227. The number of amides is 1. The van der Waals surface area contributed by atoms with Crippen molar-refractivity contribution in [2.24, 2.45) is 0 Å². The summed E-state index contributed by atoms with van der Waals surface area (Å²) in [5.74, 6) is 0.342. The summed E-state index contributed by atoms with van der Waals surface area (Å²) < 4.78 is 5.32. The summed E-state index contributed by atoms with van der Waals surface area (Å²) in [5.41, 5.74) is 3.66. The fourth-order valence-corrected chi connectivity index (χ4v) is 2.92. The number of benzene rings is 2. The molecule has 0 aliphatic carbocycles. The first kappa shape index (κ1) is 17.0. The second-order valence-electron chi connectivity index (χ2n) is 6.22. The lowest BCUT2D eigenvalue weighted by Gasteiger charge is -2.23. The normalized spacial score (nSPS) is 10.6. The van der Waals surface area contributed by atoms with Crippen LogP contribution in [0.3, 0.4) is 0 Å². The fourth-order valence-electron chi connectivity index (χ4n) is 2.92. The summed E-state index contributed by atoms with van der Waals surface area (Å²) in [6, 6.07) is 22.0. The minimum absolute atomic E-state index is 0.0543. The summed E-state index contributed by atoms with van der Waals surface area (Å²) >= 11 is 0. The number of carbonyl (C=O) groups excluding carboxylic acids is 1. The molecule has 25 heavy (non-hydrogen) atoms. The smallest absolute Gasteiger partial charge is 0.289 e. The van der Waals surface area contributed by atoms with Gasteiger partial charge in [-0.2, -0.15) is 0 Å². The van der Waals surface area contributed by atoms with Gasteiger partial charge in [0.1, 0.15) is 0 Å². The maximum atomic E-state index is 12.8. The molecule has 0 fully saturated rings. The zero-order valence-electron chi connectivity index (χ0n) is 14.5. The van der Waals surface area contributed by atoms with Crippen molar-refractivity contribution in [3.05, 3.63) is 95.4 Å². The Labute approximate surface area is 148 Å². The Balaban J connectivity index is 1.70. The van der Waals surface area contributed by atoms with Crippen molar-refractivity contribution >= 4 is 5.91 Å². The topological polar surface area (TPSA) is 33.5 Å². The van der Waals surface area contributed by atoms with Gasteiger partial charge in [0.2, 0.25) is 0 Å². The van der Waals surface area contributed by atoms with Gasteiger partial charge in [-0.3, -0.25) is 4.79 Å². The molecule has 0 atom stereocenters. The molecule has 1 aromatic heterocycles. The van der Waals surface area contributed by atoms with Gasteiger partial charge in [0.05, 0.1) is 6.26 Å². The predicted molar refractivity (Wildman–Crippen MR) is 99.4 cm³/mol. The molecule has 0 N–H and O–H groups in total. The van der Waals surface area contributed by atoms with Gasteiger partial charge in [-0.25, -0.2) is 0 Å². The molecule has 2 aromatic carbocycles. The largest absolute Gasteiger partial charge is 0.459 e. The third kappa shape index (κ3) is 4.60. The molecule has 1 heterocycles. The first-order valence-corrected chi connectivity index (χ1v) is 8.65. The van der Waals surface area contributed by atoms with Crippen LogP contribution in [0.15, 0.2) is 77.4 Å². The van der Waals surface area contributed by atoms with E-state index in [1.165, 1.54) is 16.7 Å². The zero-order chi connectivity index (χ0) is 17.5. The van der Waals surface area contributed by atoms with Crippen LogP contribution in [0.5, 0.6) is 0 Å². The Morgan fingerprint density at radius 1 is 0.960 bits per heavy atom. The van der Waals surface area contributed by atoms with E-state index in [-0.39, 0.29) is 5.91 Å². The lowest BCUT2D eigenvalue weighted by molar-refractivity contribution is 0.0708. The van der Waals surface area contributed by atoms with E-state index in [2.05, 4.69) is 43.3 Å². The number of carbonyl (C=O) groups is 1. The standard InChI is InChI=1S/C22H23NO2/c1-18-9-5-6-13-20(18)17-23(22(24)21-14-8-16-25-21)15-7-12-19-10-3-2-4-11-19/h2-6,8-11,13-14,16H,7,12,15,17H2,1H3. The van der Waals surface area contributed by atoms with Crippen LogP contribution in [-0.4, -0.2) is 17.4 Å². The monoisotopic (exact) mass is 333 g/mol. The quantitative estimate of drug-likeness (QED) is 0.618. The number of nitrogens with zero attached hydrogens (tertiary/aromatic N) is 1. The molecule has 0 saturated heterocycles. The average molecular weight is 333 g/mol. The second-order valence-corrected chi connectivity index (χ2v) is 6.22. The summed E-state index contributed by atoms with van der Waals surface area (Å²) in [6.45, 7) is 3.37. The minimum Gasteiger partial charge on any atom is -0.459 e. The molecule has 3 heteroatoms. The maximum absolute atomic E-state index is 12.8. The van der Waals surface area contributed by atoms with Gasteiger partial charge in [0.25, 0.3) is 5.91 Å². The van der Waals surface area contributed by atoms with E-state index in [0.717, 1.165) is 12.8 Å². The molecule has 0 unspecified atom stereocenters. The van der Waals surface area contributed by atoms with Gasteiger partial charge in [0.15, 0.2) is 5.76 Å². The SMILES string of the molecule is Cc1ccccc1CN(CCCc1ccccc1)C(=O)c1ccco1. The van der Waals surface area contributed by atoms with Gasteiger partial charge in [-0.15, -0.1) is 0 Å². The Bertz CT molecular complexity index is 794. The summed E-state index contributed by atoms with van der Waals surface area (Å²) in [6.07, 6.45) is 3.42. The lowest BCUT2D eigenvalue weighted by atomic mass is 10.1. The van der Waals surface area contributed by atoms with Crippen molar-refractivity contribution < 1.29 is 9.21 Å². The van der Waals surface area contributed by atoms with Crippen molar-refractivity contribution in [3.63, 3.8) is 0 Å². The van der Waals surface area contributed by atoms with Crippen molar-refractivity contribution in [1.82, 2.24) is 4.90 Å². The van der Waals surface area contributed by atoms with Crippen LogP contribution >= 0.6 is 0 Å². The molecule has 0 aliphatic rings. The van der Waals surface area contributed by atoms with Crippen LogP contribution in [0.25, 0.3) is 0 Å². The minimum atomic E-state index is -0.0543. The number of furan rings is 1. The Kier molecular flexibility index (Phi) is 5.68. The first-order valence-electron chi connectivity index (χ1n) is 8.65. The highest BCUT2D eigenvalue weighted by molar-refractivity contribution is 5.91. The predicted octanol–water partition coefficient (Wildman–Crippen LogP) is 4.86. The van der Waals surface area contributed by atoms with E-state index in [1.807, 2.05) is 23.1 Å². The zero-order valence-corrected chi connectivity index (χ0v) is 14.5. The van der Waals surface area contributed by atoms with Crippen LogP contribution in [-0.2, 0) is 13.0 Å². The molecule has 3 nitrogen and oxygen atoms in total. The number of rotatable bonds is 7. The number of hydrogen-bond acceptors (Lipinski definition) is 2. The van der Waals surface area contributed by atoms with Crippen molar-refractivity contribution in [2.75, 3.05) is 6.54 Å². The van der Waals surface area contributed by atoms with E-state index in [0.29, 0.717) is 18.8 Å². The summed E-state index contributed by atoms with van der Waals surface area (Å²) in [5, 5.41) is 0. The molecule has 0 spiro atoms. The molecule has 3 rings (SSSR count). The third-order valence-electron chi connectivity index (χ3n) is 4.38. The Morgan fingerprint density at radius 2 is 1.72 bits per heavy atom. The van der Waals surface area contributed by atoms with Gasteiger partial charge >= 0.3 is 0 Å². The molecule has 3 aromatic rings. The van der Waals surface area contributed by atoms with Crippen LogP contribution < -0.4 is 0 Å². The van der Waals surface area contributed by atoms with E-state index in [9.17, 15) is 4.79 Å². The van der Waals surface area contributed by atoms with Gasteiger partial charge < -0.3 is 9.32 Å². The Morgan fingerprint density at radius 3 is 2.44 bits per heavy atom. The molecule has 128 valence electrons. The van der Waals surface area contributed by atoms with Crippen LogP contribution in [0.2, 0.25) is 0 Å². The molecule has 0 radical (unpaired) electrons. The van der Waals surface area contributed by atoms with Crippen molar-refractivity contribution in [2.45, 2.75) is 26.3 Å². The van der Waals surface area contributed by atoms with Gasteiger partial charge in [-0.1, -0.05) is 54.6 Å². The first-order chi connectivity index (χ1) is 12.2. The molecule has 0 aliphatic heterocycles. The maximum Gasteiger partial charge on any atom is 0.289 e. The van der Waals surface area contributed by atoms with Gasteiger partial charge in [-0.05, 0) is 48.6 Å². The van der Waals surface area contributed by atoms with E-state index < -0.39 is 0 Å². The van der Waals surface area contributed by atoms with Crippen LogP contribution in [0, 0.1) is 6.92 Å². The highest BCUT2D eigenvalue weighted by atomic mass is 16.3. The van der Waals surface area contributed by atoms with Crippen LogP contribution in [0.4, 0.5) is 0 Å². The summed E-state index contributed by atoms with van der Waals surface area (Å²) in [4.78, 5) is 14.7. The summed E-state index contributed by atoms with van der Waals surface area (Å²) in [7, 11) is 0. The van der Waals surface area contributed by atoms with Crippen molar-refractivity contribution in [1.29, 1.82) is 0 Å². The van der Waals surface area contributed by atoms with Gasteiger partial charge in [0, 0.05) is 13.1 Å². The van der Waals surface area contributed by atoms with E-state index >= 15 is 0 Å². The molecular weight excluding hydrogens is 310 g/mol. The molecule has 0 saturated carbocycles. The second kappa shape index (κ2) is 8.34. The lowest BCUT2D eigenvalue weighted by Crippen LogP contribution is -2.31. The molecule has 0 bridgehead atoms. The van der Waals surface area contributed by atoms with Crippen molar-refractivity contribution in [3.8, 4) is 0 Å². The number of aryl methyl sites for hydroxylation is 2. The van der Waals surface area contributed by atoms with E-state index in [4.69, 9.17) is 4.42 Å². The highest BCUT2D eigenvalue weighted by Gasteiger charge is 2.18. The molecule has 1 amide bonds. The third-order valence-corrected chi connectivity index (χ3v) is 4.38. The van der Waals surface area contributed by atoms with Crippen LogP contribution in [0.1, 0.15) is 33.7 Å². The number of hydrogen-bond donors (Lipinski definition) is 0.